The van der Waals surface area contributed by atoms with Gasteiger partial charge in [0, 0.05) is 5.56 Å². The van der Waals surface area contributed by atoms with Crippen molar-refractivity contribution in [1.29, 1.82) is 0 Å². The summed E-state index contributed by atoms with van der Waals surface area (Å²) in [5, 5.41) is 0.199. The molecule has 3 rings (SSSR count). The number of aromatic nitrogens is 2. The summed E-state index contributed by atoms with van der Waals surface area (Å²) >= 11 is 0. The quantitative estimate of drug-likeness (QED) is 0.635. The molecule has 0 saturated heterocycles. The third kappa shape index (κ3) is 3.17. The number of nitrogens with zero attached hydrogens (tertiary/aromatic N) is 1. The standard InChI is InChI=1S/C19H24N2OSi/c1-19(2,3)23(4,5)22-15-12-10-14(11-13-15)18-20-16-8-6-7-9-17(16)21-18/h6-13H,1-5H3,(H,20,21). The first-order chi connectivity index (χ1) is 10.8. The molecule has 1 heterocycles. The number of fused-ring (bicyclic) bond motifs is 1. The fraction of sp³-hybridized carbons (Fsp3) is 0.316. The Labute approximate surface area is 138 Å². The second-order valence-corrected chi connectivity index (χ2v) is 12.2. The summed E-state index contributed by atoms with van der Waals surface area (Å²) in [6, 6.07) is 16.3. The van der Waals surface area contributed by atoms with Crippen molar-refractivity contribution in [1.82, 2.24) is 9.97 Å². The molecule has 23 heavy (non-hydrogen) atoms. The molecule has 1 aromatic heterocycles. The van der Waals surface area contributed by atoms with Crippen molar-refractivity contribution in [2.75, 3.05) is 0 Å². The number of H-pyrrole nitrogens is 1. The smallest absolute Gasteiger partial charge is 0.250 e. The van der Waals surface area contributed by atoms with E-state index in [4.69, 9.17) is 4.43 Å². The number of rotatable bonds is 3. The lowest BCUT2D eigenvalue weighted by Gasteiger charge is -2.36. The van der Waals surface area contributed by atoms with Crippen molar-refractivity contribution in [2.45, 2.75) is 38.9 Å². The van der Waals surface area contributed by atoms with E-state index in [9.17, 15) is 0 Å². The minimum Gasteiger partial charge on any atom is -0.544 e. The largest absolute Gasteiger partial charge is 0.544 e. The second-order valence-electron chi connectivity index (χ2n) is 7.49. The van der Waals surface area contributed by atoms with Crippen LogP contribution in [-0.2, 0) is 0 Å². The van der Waals surface area contributed by atoms with Crippen LogP contribution in [0, 0.1) is 0 Å². The molecule has 0 unspecified atom stereocenters. The van der Waals surface area contributed by atoms with Gasteiger partial charge in [0.2, 0.25) is 8.32 Å². The Bertz CT molecular complexity index is 780. The lowest BCUT2D eigenvalue weighted by Crippen LogP contribution is -2.43. The Morgan fingerprint density at radius 3 is 2.22 bits per heavy atom. The zero-order valence-electron chi connectivity index (χ0n) is 14.5. The number of hydrogen-bond donors (Lipinski definition) is 1. The molecule has 0 aliphatic carbocycles. The molecular weight excluding hydrogens is 300 g/mol. The molecule has 0 radical (unpaired) electrons. The van der Waals surface area contributed by atoms with Gasteiger partial charge in [0.25, 0.3) is 0 Å². The Hall–Kier alpha value is -2.07. The van der Waals surface area contributed by atoms with Gasteiger partial charge in [-0.15, -0.1) is 0 Å². The molecule has 0 atom stereocenters. The van der Waals surface area contributed by atoms with Gasteiger partial charge in [-0.3, -0.25) is 0 Å². The molecule has 4 heteroatoms. The van der Waals surface area contributed by atoms with Gasteiger partial charge in [-0.25, -0.2) is 4.98 Å². The average molecular weight is 324 g/mol. The van der Waals surface area contributed by atoms with E-state index in [1.54, 1.807) is 0 Å². The first-order valence-electron chi connectivity index (χ1n) is 8.00. The number of nitrogens with one attached hydrogen (secondary N) is 1. The van der Waals surface area contributed by atoms with Crippen LogP contribution in [0.2, 0.25) is 18.1 Å². The molecule has 3 nitrogen and oxygen atoms in total. The van der Waals surface area contributed by atoms with E-state index in [0.717, 1.165) is 28.2 Å². The van der Waals surface area contributed by atoms with Gasteiger partial charge >= 0.3 is 0 Å². The van der Waals surface area contributed by atoms with Crippen molar-refractivity contribution in [3.63, 3.8) is 0 Å². The van der Waals surface area contributed by atoms with Crippen molar-refractivity contribution >= 4 is 19.4 Å². The van der Waals surface area contributed by atoms with Crippen molar-refractivity contribution in [2.24, 2.45) is 0 Å². The molecule has 3 aromatic rings. The van der Waals surface area contributed by atoms with Crippen LogP contribution in [0.3, 0.4) is 0 Å². The lowest BCUT2D eigenvalue weighted by molar-refractivity contribution is 0.492. The van der Waals surface area contributed by atoms with Crippen molar-refractivity contribution in [3.05, 3.63) is 48.5 Å². The Balaban J connectivity index is 1.85. The summed E-state index contributed by atoms with van der Waals surface area (Å²) in [7, 11) is -1.79. The fourth-order valence-electron chi connectivity index (χ4n) is 2.22. The number of hydrogen-bond acceptors (Lipinski definition) is 2. The maximum absolute atomic E-state index is 6.32. The third-order valence-corrected chi connectivity index (χ3v) is 9.05. The molecular formula is C19H24N2OSi. The molecule has 2 aromatic carbocycles. The lowest BCUT2D eigenvalue weighted by atomic mass is 10.2. The predicted molar refractivity (Wildman–Crippen MR) is 99.4 cm³/mol. The van der Waals surface area contributed by atoms with Crippen LogP contribution < -0.4 is 4.43 Å². The zero-order valence-corrected chi connectivity index (χ0v) is 15.5. The second kappa shape index (κ2) is 5.53. The molecule has 0 bridgehead atoms. The first-order valence-corrected chi connectivity index (χ1v) is 10.9. The Kier molecular flexibility index (Phi) is 3.80. The molecule has 0 fully saturated rings. The predicted octanol–water partition coefficient (Wildman–Crippen LogP) is 5.61. The van der Waals surface area contributed by atoms with Gasteiger partial charge in [0.15, 0.2) is 0 Å². The first kappa shape index (κ1) is 15.8. The van der Waals surface area contributed by atoms with Gasteiger partial charge in [-0.1, -0.05) is 32.9 Å². The van der Waals surface area contributed by atoms with E-state index >= 15 is 0 Å². The number of imidazole rings is 1. The van der Waals surface area contributed by atoms with E-state index in [-0.39, 0.29) is 5.04 Å². The van der Waals surface area contributed by atoms with Crippen molar-refractivity contribution < 1.29 is 4.43 Å². The molecule has 1 N–H and O–H groups in total. The van der Waals surface area contributed by atoms with Crippen LogP contribution in [0.25, 0.3) is 22.4 Å². The van der Waals surface area contributed by atoms with Crippen LogP contribution >= 0.6 is 0 Å². The van der Waals surface area contributed by atoms with Gasteiger partial charge in [-0.2, -0.15) is 0 Å². The summed E-state index contributed by atoms with van der Waals surface area (Å²) in [5.41, 5.74) is 3.12. The third-order valence-electron chi connectivity index (χ3n) is 4.70. The molecule has 0 aliphatic heterocycles. The summed E-state index contributed by atoms with van der Waals surface area (Å²) in [5.74, 6) is 1.83. The van der Waals surface area contributed by atoms with Crippen LogP contribution in [-0.4, -0.2) is 18.3 Å². The maximum atomic E-state index is 6.32. The average Bonchev–Trinajstić information content (AvgIpc) is 2.90. The summed E-state index contributed by atoms with van der Waals surface area (Å²) in [6.45, 7) is 11.3. The maximum Gasteiger partial charge on any atom is 0.250 e. The van der Waals surface area contributed by atoms with Gasteiger partial charge in [0.05, 0.1) is 11.0 Å². The van der Waals surface area contributed by atoms with Crippen LogP contribution in [0.1, 0.15) is 20.8 Å². The van der Waals surface area contributed by atoms with Gasteiger partial charge in [0.1, 0.15) is 11.6 Å². The van der Waals surface area contributed by atoms with Gasteiger partial charge in [-0.05, 0) is 54.5 Å². The highest BCUT2D eigenvalue weighted by atomic mass is 28.4. The molecule has 0 amide bonds. The molecule has 0 spiro atoms. The van der Waals surface area contributed by atoms with E-state index in [1.807, 2.05) is 36.4 Å². The highest BCUT2D eigenvalue weighted by Crippen LogP contribution is 2.37. The number of aromatic amines is 1. The van der Waals surface area contributed by atoms with E-state index in [1.165, 1.54) is 0 Å². The van der Waals surface area contributed by atoms with E-state index in [2.05, 4.69) is 56.0 Å². The monoisotopic (exact) mass is 324 g/mol. The summed E-state index contributed by atoms with van der Waals surface area (Å²) in [6.07, 6.45) is 0. The van der Waals surface area contributed by atoms with Crippen LogP contribution in [0.4, 0.5) is 0 Å². The minimum atomic E-state index is -1.79. The minimum absolute atomic E-state index is 0.199. The molecule has 120 valence electrons. The Morgan fingerprint density at radius 1 is 0.957 bits per heavy atom. The van der Waals surface area contributed by atoms with Gasteiger partial charge < -0.3 is 9.41 Å². The Morgan fingerprint density at radius 2 is 1.61 bits per heavy atom. The van der Waals surface area contributed by atoms with Crippen LogP contribution in [0.15, 0.2) is 48.5 Å². The fourth-order valence-corrected chi connectivity index (χ4v) is 3.25. The summed E-state index contributed by atoms with van der Waals surface area (Å²) in [4.78, 5) is 8.00. The number of benzene rings is 2. The highest BCUT2D eigenvalue weighted by molar-refractivity contribution is 6.74. The van der Waals surface area contributed by atoms with Crippen molar-refractivity contribution in [3.8, 4) is 17.1 Å². The van der Waals surface area contributed by atoms with Crippen LogP contribution in [0.5, 0.6) is 5.75 Å². The molecule has 0 saturated carbocycles. The number of para-hydroxylation sites is 2. The SMILES string of the molecule is CC(C)(C)[Si](C)(C)Oc1ccc(-c2nc3ccccc3[nH]2)cc1. The zero-order chi connectivity index (χ0) is 16.7. The topological polar surface area (TPSA) is 37.9 Å². The summed E-state index contributed by atoms with van der Waals surface area (Å²) < 4.78 is 6.32. The van der Waals surface area contributed by atoms with E-state index in [0.29, 0.717) is 0 Å². The normalized spacial score (nSPS) is 12.6. The van der Waals surface area contributed by atoms with E-state index < -0.39 is 8.32 Å². The molecule has 0 aliphatic rings. The highest BCUT2D eigenvalue weighted by Gasteiger charge is 2.38.